The van der Waals surface area contributed by atoms with Crippen molar-refractivity contribution in [3.63, 3.8) is 0 Å². The van der Waals surface area contributed by atoms with Crippen LogP contribution < -0.4 is 4.57 Å². The molecule has 4 nitrogen and oxygen atoms in total. The second-order valence-corrected chi connectivity index (χ2v) is 8.24. The third-order valence-corrected chi connectivity index (χ3v) is 6.33. The summed E-state index contributed by atoms with van der Waals surface area (Å²) in [5.74, 6) is 1.05. The number of aryl methyl sites for hydroxylation is 2. The fourth-order valence-electron chi connectivity index (χ4n) is 4.88. The fraction of sp³-hybridized carbons (Fsp3) is 0.0741. The van der Waals surface area contributed by atoms with Crippen molar-refractivity contribution in [3.8, 4) is 11.4 Å². The number of aromatic nitrogens is 2. The van der Waals surface area contributed by atoms with Gasteiger partial charge >= 0.3 is 11.5 Å². The maximum absolute atomic E-state index is 6.53. The highest BCUT2D eigenvalue weighted by atomic mass is 16.3. The average molecular weight is 403 g/mol. The molecule has 0 spiro atoms. The lowest BCUT2D eigenvalue weighted by Gasteiger charge is -2.03. The summed E-state index contributed by atoms with van der Waals surface area (Å²) in [6, 6.07) is 25.3. The molecule has 0 saturated carbocycles. The van der Waals surface area contributed by atoms with E-state index in [0.717, 1.165) is 55.7 Å². The molecule has 0 saturated heterocycles. The average Bonchev–Trinajstić information content (AvgIpc) is 3.41. The zero-order valence-electron chi connectivity index (χ0n) is 17.2. The fourth-order valence-corrected chi connectivity index (χ4v) is 4.88. The maximum atomic E-state index is 6.53. The van der Waals surface area contributed by atoms with Crippen molar-refractivity contribution in [1.82, 2.24) is 4.40 Å². The van der Waals surface area contributed by atoms with Gasteiger partial charge in [0.15, 0.2) is 22.9 Å². The highest BCUT2D eigenvalue weighted by Crippen LogP contribution is 2.39. The Morgan fingerprint density at radius 1 is 0.774 bits per heavy atom. The molecule has 0 radical (unpaired) electrons. The summed E-state index contributed by atoms with van der Waals surface area (Å²) < 4.78 is 16.9. The molecule has 31 heavy (non-hydrogen) atoms. The lowest BCUT2D eigenvalue weighted by molar-refractivity contribution is -0.658. The van der Waals surface area contributed by atoms with Gasteiger partial charge in [-0.1, -0.05) is 48.5 Å². The van der Waals surface area contributed by atoms with E-state index in [1.54, 1.807) is 0 Å². The van der Waals surface area contributed by atoms with Crippen LogP contribution in [0.4, 0.5) is 0 Å². The molecule has 3 heterocycles. The van der Waals surface area contributed by atoms with Crippen LogP contribution in [0.25, 0.3) is 60.9 Å². The van der Waals surface area contributed by atoms with Crippen LogP contribution >= 0.6 is 0 Å². The third-order valence-electron chi connectivity index (χ3n) is 6.33. The molecule has 0 aliphatic heterocycles. The van der Waals surface area contributed by atoms with E-state index in [-0.39, 0.29) is 0 Å². The summed E-state index contributed by atoms with van der Waals surface area (Å²) in [6.07, 6.45) is 2.03. The van der Waals surface area contributed by atoms with E-state index in [4.69, 9.17) is 8.83 Å². The van der Waals surface area contributed by atoms with Crippen LogP contribution in [0.5, 0.6) is 0 Å². The van der Waals surface area contributed by atoms with E-state index in [1.165, 1.54) is 10.8 Å². The Hall–Kier alpha value is -4.05. The molecule has 0 aliphatic rings. The standard InChI is InChI=1S/C27H19N2O2/c1-16-11-12-19-20-13-17-7-3-4-8-18(17)14-23(20)31-26(19)25(16)27-28(2)15-24-29(27)21-9-5-6-10-22(21)30-24/h3-15H,1-2H3/q+1. The number of hydrogen-bond donors (Lipinski definition) is 0. The van der Waals surface area contributed by atoms with Crippen LogP contribution in [0, 0.1) is 6.92 Å². The summed E-state index contributed by atoms with van der Waals surface area (Å²) in [6.45, 7) is 2.14. The van der Waals surface area contributed by atoms with E-state index in [1.807, 2.05) is 24.4 Å². The van der Waals surface area contributed by atoms with Crippen molar-refractivity contribution in [1.29, 1.82) is 0 Å². The Kier molecular flexibility index (Phi) is 3.11. The first kappa shape index (κ1) is 16.7. The summed E-state index contributed by atoms with van der Waals surface area (Å²) in [7, 11) is 2.06. The number of benzene rings is 4. The Balaban J connectivity index is 1.65. The van der Waals surface area contributed by atoms with Gasteiger partial charge in [-0.15, -0.1) is 0 Å². The van der Waals surface area contributed by atoms with Crippen LogP contribution in [0.3, 0.4) is 0 Å². The number of fused-ring (bicyclic) bond motifs is 7. The van der Waals surface area contributed by atoms with Gasteiger partial charge in [-0.2, -0.15) is 4.40 Å². The van der Waals surface area contributed by atoms with Crippen LogP contribution in [-0.4, -0.2) is 4.40 Å². The highest BCUT2D eigenvalue weighted by molar-refractivity contribution is 6.13. The molecule has 3 aromatic heterocycles. The van der Waals surface area contributed by atoms with Crippen molar-refractivity contribution < 1.29 is 13.4 Å². The van der Waals surface area contributed by atoms with E-state index >= 15 is 0 Å². The first-order valence-corrected chi connectivity index (χ1v) is 10.4. The molecular formula is C27H19N2O2+. The predicted octanol–water partition coefficient (Wildman–Crippen LogP) is 6.54. The van der Waals surface area contributed by atoms with Gasteiger partial charge in [-0.25, -0.2) is 4.57 Å². The number of furan rings is 1. The quantitative estimate of drug-likeness (QED) is 0.292. The van der Waals surface area contributed by atoms with Gasteiger partial charge in [-0.3, -0.25) is 0 Å². The van der Waals surface area contributed by atoms with Gasteiger partial charge in [0, 0.05) is 10.8 Å². The number of para-hydroxylation sites is 2. The molecule has 4 aromatic carbocycles. The lowest BCUT2D eigenvalue weighted by atomic mass is 10.0. The minimum atomic E-state index is 0.817. The summed E-state index contributed by atoms with van der Waals surface area (Å²) >= 11 is 0. The molecule has 0 bridgehead atoms. The molecule has 0 N–H and O–H groups in total. The molecule has 0 fully saturated rings. The van der Waals surface area contributed by atoms with Crippen molar-refractivity contribution in [2.45, 2.75) is 6.92 Å². The molecule has 0 aliphatic carbocycles. The minimum Gasteiger partial charge on any atom is -0.455 e. The third kappa shape index (κ3) is 2.16. The molecule has 0 unspecified atom stereocenters. The van der Waals surface area contributed by atoms with E-state index in [9.17, 15) is 0 Å². The normalized spacial score (nSPS) is 12.2. The molecule has 4 heteroatoms. The Morgan fingerprint density at radius 3 is 2.42 bits per heavy atom. The van der Waals surface area contributed by atoms with E-state index in [2.05, 4.69) is 77.5 Å². The number of rotatable bonds is 1. The summed E-state index contributed by atoms with van der Waals surface area (Å²) in [4.78, 5) is 0. The second kappa shape index (κ2) is 5.76. The Labute approximate surface area is 177 Å². The Morgan fingerprint density at radius 2 is 1.55 bits per heavy atom. The van der Waals surface area contributed by atoms with E-state index < -0.39 is 0 Å². The number of imidazole rings is 1. The van der Waals surface area contributed by atoms with Gasteiger partial charge in [0.05, 0.1) is 7.05 Å². The van der Waals surface area contributed by atoms with Crippen molar-refractivity contribution >= 4 is 49.5 Å². The molecule has 0 atom stereocenters. The second-order valence-electron chi connectivity index (χ2n) is 8.24. The van der Waals surface area contributed by atoms with Gasteiger partial charge in [0.2, 0.25) is 0 Å². The van der Waals surface area contributed by atoms with Crippen LogP contribution in [-0.2, 0) is 7.05 Å². The maximum Gasteiger partial charge on any atom is 0.336 e. The molecule has 0 amide bonds. The van der Waals surface area contributed by atoms with Gasteiger partial charge in [0.25, 0.3) is 0 Å². The molecule has 7 rings (SSSR count). The number of nitrogens with zero attached hydrogens (tertiary/aromatic N) is 2. The van der Waals surface area contributed by atoms with Crippen LogP contribution in [0.2, 0.25) is 0 Å². The first-order valence-electron chi connectivity index (χ1n) is 10.4. The largest absolute Gasteiger partial charge is 0.455 e. The molecule has 7 aromatic rings. The van der Waals surface area contributed by atoms with Gasteiger partial charge in [0.1, 0.15) is 11.1 Å². The molecular weight excluding hydrogens is 384 g/mol. The SMILES string of the molecule is Cc1ccc2c(oc3cc4ccccc4cc32)c1-c1n2c(c[n+]1C)oc1ccccc12. The van der Waals surface area contributed by atoms with Crippen LogP contribution in [0.15, 0.2) is 87.8 Å². The van der Waals surface area contributed by atoms with Crippen molar-refractivity contribution in [2.24, 2.45) is 7.05 Å². The monoisotopic (exact) mass is 403 g/mol. The van der Waals surface area contributed by atoms with Crippen molar-refractivity contribution in [3.05, 3.63) is 84.6 Å². The topological polar surface area (TPSA) is 34.6 Å². The van der Waals surface area contributed by atoms with E-state index in [0.29, 0.717) is 0 Å². The zero-order valence-corrected chi connectivity index (χ0v) is 17.2. The molecule has 148 valence electrons. The summed E-state index contributed by atoms with van der Waals surface area (Å²) in [5, 5.41) is 4.67. The number of hydrogen-bond acceptors (Lipinski definition) is 2. The lowest BCUT2D eigenvalue weighted by Crippen LogP contribution is -2.28. The van der Waals surface area contributed by atoms with Gasteiger partial charge < -0.3 is 8.83 Å². The minimum absolute atomic E-state index is 0.817. The van der Waals surface area contributed by atoms with Crippen LogP contribution in [0.1, 0.15) is 5.56 Å². The first-order chi connectivity index (χ1) is 15.2. The zero-order chi connectivity index (χ0) is 20.7. The van der Waals surface area contributed by atoms with Gasteiger partial charge in [-0.05, 0) is 47.5 Å². The highest BCUT2D eigenvalue weighted by Gasteiger charge is 2.29. The smallest absolute Gasteiger partial charge is 0.336 e. The Bertz CT molecular complexity index is 1810. The predicted molar refractivity (Wildman–Crippen MR) is 123 cm³/mol. The summed E-state index contributed by atoms with van der Waals surface area (Å²) in [5.41, 5.74) is 6.81. The number of oxazole rings is 1. The van der Waals surface area contributed by atoms with Crippen molar-refractivity contribution in [2.75, 3.05) is 0 Å².